The number of carbonyl (C=O) groups is 1. The number of amides is 1. The Bertz CT molecular complexity index is 1260. The van der Waals surface area contributed by atoms with E-state index in [9.17, 15) is 4.79 Å². The van der Waals surface area contributed by atoms with Crippen LogP contribution in [0.2, 0.25) is 0 Å². The van der Waals surface area contributed by atoms with E-state index in [-0.39, 0.29) is 5.91 Å². The van der Waals surface area contributed by atoms with Crippen LogP contribution in [-0.2, 0) is 5.75 Å². The van der Waals surface area contributed by atoms with E-state index in [0.717, 1.165) is 46.2 Å². The first kappa shape index (κ1) is 21.8. The van der Waals surface area contributed by atoms with Gasteiger partial charge in [0.15, 0.2) is 5.58 Å². The zero-order valence-corrected chi connectivity index (χ0v) is 20.1. The van der Waals surface area contributed by atoms with Gasteiger partial charge in [-0.25, -0.2) is 9.97 Å². The number of benzene rings is 2. The highest BCUT2D eigenvalue weighted by Gasteiger charge is 2.24. The molecule has 1 aliphatic rings. The van der Waals surface area contributed by atoms with Crippen LogP contribution >= 0.6 is 23.1 Å². The fraction of sp³-hybridized carbons (Fsp3) is 0.292. The quantitative estimate of drug-likeness (QED) is 0.365. The number of thiazole rings is 1. The molecule has 1 saturated heterocycles. The summed E-state index contributed by atoms with van der Waals surface area (Å²) in [6.45, 7) is 4.97. The molecule has 1 amide bonds. The summed E-state index contributed by atoms with van der Waals surface area (Å²) >= 11 is 3.00. The summed E-state index contributed by atoms with van der Waals surface area (Å²) in [4.78, 5) is 26.2. The molecule has 0 radical (unpaired) electrons. The summed E-state index contributed by atoms with van der Waals surface area (Å²) in [6.07, 6.45) is 0. The molecule has 4 aromatic rings. The maximum atomic E-state index is 13.0. The van der Waals surface area contributed by atoms with E-state index in [1.165, 1.54) is 23.1 Å². The lowest BCUT2D eigenvalue weighted by Gasteiger charge is -2.35. The Morgan fingerprint density at radius 2 is 1.91 bits per heavy atom. The van der Waals surface area contributed by atoms with Crippen molar-refractivity contribution in [1.29, 1.82) is 0 Å². The SMILES string of the molecule is COc1ccc(N2CCN(C(=O)c3csc(CSc4nc5cc(C)ccc5o4)n3)CC2)cc1. The Kier molecular flexibility index (Phi) is 6.24. The molecule has 0 atom stereocenters. The monoisotopic (exact) mass is 480 g/mol. The van der Waals surface area contributed by atoms with E-state index in [1.807, 2.05) is 47.5 Å². The molecule has 1 fully saturated rings. The number of aryl methyl sites for hydroxylation is 1. The lowest BCUT2D eigenvalue weighted by molar-refractivity contribution is 0.0741. The molecule has 2 aromatic heterocycles. The van der Waals surface area contributed by atoms with Crippen LogP contribution in [0.5, 0.6) is 5.75 Å². The number of fused-ring (bicyclic) bond motifs is 1. The van der Waals surface area contributed by atoms with Crippen LogP contribution < -0.4 is 9.64 Å². The third-order valence-corrected chi connectivity index (χ3v) is 7.49. The molecule has 170 valence electrons. The topological polar surface area (TPSA) is 71.7 Å². The van der Waals surface area contributed by atoms with E-state index in [0.29, 0.717) is 29.8 Å². The normalized spacial score (nSPS) is 14.1. The van der Waals surface area contributed by atoms with Gasteiger partial charge in [0.1, 0.15) is 22.0 Å². The highest BCUT2D eigenvalue weighted by molar-refractivity contribution is 7.98. The molecule has 0 spiro atoms. The summed E-state index contributed by atoms with van der Waals surface area (Å²) in [5.74, 6) is 1.46. The lowest BCUT2D eigenvalue weighted by Crippen LogP contribution is -2.48. The van der Waals surface area contributed by atoms with Crippen LogP contribution in [-0.4, -0.2) is 54.1 Å². The number of ether oxygens (including phenoxy) is 1. The van der Waals surface area contributed by atoms with Gasteiger partial charge >= 0.3 is 0 Å². The standard InChI is InChI=1S/C24H24N4O3S2/c1-16-3-8-21-19(13-16)26-24(31-21)33-15-22-25-20(14-32-22)23(29)28-11-9-27(10-12-28)17-4-6-18(30-2)7-5-17/h3-8,13-14H,9-12,15H2,1-2H3. The Balaban J connectivity index is 1.16. The average Bonchev–Trinajstić information content (AvgIpc) is 3.49. The number of aromatic nitrogens is 2. The van der Waals surface area contributed by atoms with Crippen LogP contribution in [0.3, 0.4) is 0 Å². The summed E-state index contributed by atoms with van der Waals surface area (Å²) in [5, 5.41) is 3.36. The smallest absolute Gasteiger partial charge is 0.273 e. The molecule has 9 heteroatoms. The molecule has 0 bridgehead atoms. The van der Waals surface area contributed by atoms with E-state index < -0.39 is 0 Å². The number of rotatable bonds is 6. The van der Waals surface area contributed by atoms with Crippen molar-refractivity contribution in [2.45, 2.75) is 17.9 Å². The molecule has 0 unspecified atom stereocenters. The van der Waals surface area contributed by atoms with Crippen molar-refractivity contribution >= 4 is 45.8 Å². The number of oxazole rings is 1. The summed E-state index contributed by atoms with van der Waals surface area (Å²) in [5.41, 5.74) is 4.46. The van der Waals surface area contributed by atoms with Crippen molar-refractivity contribution in [3.8, 4) is 5.75 Å². The zero-order valence-electron chi connectivity index (χ0n) is 18.5. The Hall–Kier alpha value is -3.04. The minimum absolute atomic E-state index is 0.00535. The van der Waals surface area contributed by atoms with E-state index in [4.69, 9.17) is 9.15 Å². The molecular formula is C24H24N4O3S2. The molecule has 0 aliphatic carbocycles. The number of hydrogen-bond donors (Lipinski definition) is 0. The highest BCUT2D eigenvalue weighted by atomic mass is 32.2. The van der Waals surface area contributed by atoms with Gasteiger partial charge in [-0.2, -0.15) is 0 Å². The van der Waals surface area contributed by atoms with Crippen LogP contribution in [0, 0.1) is 6.92 Å². The van der Waals surface area contributed by atoms with Gasteiger partial charge in [-0.1, -0.05) is 17.8 Å². The van der Waals surface area contributed by atoms with Gasteiger partial charge < -0.3 is 19.0 Å². The number of nitrogens with zero attached hydrogens (tertiary/aromatic N) is 4. The Morgan fingerprint density at radius 3 is 2.67 bits per heavy atom. The first-order chi connectivity index (χ1) is 16.1. The number of carbonyl (C=O) groups excluding carboxylic acids is 1. The van der Waals surface area contributed by atoms with Gasteiger partial charge in [0.05, 0.1) is 12.9 Å². The van der Waals surface area contributed by atoms with Crippen LogP contribution in [0.15, 0.2) is 57.5 Å². The van der Waals surface area contributed by atoms with Crippen molar-refractivity contribution in [1.82, 2.24) is 14.9 Å². The Labute approximate surface area is 200 Å². The minimum Gasteiger partial charge on any atom is -0.497 e. The fourth-order valence-electron chi connectivity index (χ4n) is 3.80. The van der Waals surface area contributed by atoms with Crippen molar-refractivity contribution in [3.05, 3.63) is 64.1 Å². The number of methoxy groups -OCH3 is 1. The summed E-state index contributed by atoms with van der Waals surface area (Å²) in [7, 11) is 1.67. The van der Waals surface area contributed by atoms with Crippen LogP contribution in [0.4, 0.5) is 5.69 Å². The molecule has 0 saturated carbocycles. The van der Waals surface area contributed by atoms with Crippen molar-refractivity contribution in [2.24, 2.45) is 0 Å². The number of piperazine rings is 1. The molecule has 33 heavy (non-hydrogen) atoms. The van der Waals surface area contributed by atoms with Gasteiger partial charge in [-0.3, -0.25) is 4.79 Å². The molecule has 3 heterocycles. The van der Waals surface area contributed by atoms with E-state index in [2.05, 4.69) is 27.0 Å². The number of hydrogen-bond acceptors (Lipinski definition) is 8. The molecule has 7 nitrogen and oxygen atoms in total. The van der Waals surface area contributed by atoms with Gasteiger partial charge in [0.2, 0.25) is 0 Å². The molecular weight excluding hydrogens is 456 g/mol. The highest BCUT2D eigenvalue weighted by Crippen LogP contribution is 2.28. The second kappa shape index (κ2) is 9.44. The minimum atomic E-state index is -0.00535. The maximum absolute atomic E-state index is 13.0. The third-order valence-electron chi connectivity index (χ3n) is 5.62. The number of anilines is 1. The molecule has 2 aromatic carbocycles. The predicted molar refractivity (Wildman–Crippen MR) is 132 cm³/mol. The second-order valence-electron chi connectivity index (χ2n) is 7.84. The van der Waals surface area contributed by atoms with E-state index in [1.54, 1.807) is 7.11 Å². The first-order valence-electron chi connectivity index (χ1n) is 10.7. The van der Waals surface area contributed by atoms with Crippen molar-refractivity contribution in [3.63, 3.8) is 0 Å². The van der Waals surface area contributed by atoms with Crippen LogP contribution in [0.1, 0.15) is 21.1 Å². The predicted octanol–water partition coefficient (Wildman–Crippen LogP) is 4.86. The van der Waals surface area contributed by atoms with Crippen molar-refractivity contribution < 1.29 is 13.9 Å². The summed E-state index contributed by atoms with van der Waals surface area (Å²) < 4.78 is 11.0. The van der Waals surface area contributed by atoms with Crippen LogP contribution in [0.25, 0.3) is 11.1 Å². The average molecular weight is 481 g/mol. The van der Waals surface area contributed by atoms with Gasteiger partial charge in [0, 0.05) is 37.2 Å². The molecule has 0 N–H and O–H groups in total. The first-order valence-corrected chi connectivity index (χ1v) is 12.6. The summed E-state index contributed by atoms with van der Waals surface area (Å²) in [6, 6.07) is 14.0. The molecule has 5 rings (SSSR count). The van der Waals surface area contributed by atoms with Crippen molar-refractivity contribution in [2.75, 3.05) is 38.2 Å². The molecule has 1 aliphatic heterocycles. The number of thioether (sulfide) groups is 1. The fourth-order valence-corrected chi connectivity index (χ4v) is 5.42. The largest absolute Gasteiger partial charge is 0.497 e. The van der Waals surface area contributed by atoms with Gasteiger partial charge in [0.25, 0.3) is 11.1 Å². The van der Waals surface area contributed by atoms with E-state index >= 15 is 0 Å². The second-order valence-corrected chi connectivity index (χ2v) is 9.71. The zero-order chi connectivity index (χ0) is 22.8. The maximum Gasteiger partial charge on any atom is 0.273 e. The lowest BCUT2D eigenvalue weighted by atomic mass is 10.2. The van der Waals surface area contributed by atoms with Gasteiger partial charge in [-0.05, 0) is 48.9 Å². The Morgan fingerprint density at radius 1 is 1.12 bits per heavy atom. The van der Waals surface area contributed by atoms with Gasteiger partial charge in [-0.15, -0.1) is 11.3 Å². The third kappa shape index (κ3) is 4.84.